The first-order valence-corrected chi connectivity index (χ1v) is 6.05. The Labute approximate surface area is 116 Å². The molecule has 1 aromatic carbocycles. The summed E-state index contributed by atoms with van der Waals surface area (Å²) in [4.78, 5) is 11.8. The molecule has 0 amide bonds. The van der Waals surface area contributed by atoms with E-state index in [-0.39, 0.29) is 4.47 Å². The summed E-state index contributed by atoms with van der Waals surface area (Å²) >= 11 is 2.87. The lowest BCUT2D eigenvalue weighted by Gasteiger charge is -2.21. The predicted molar refractivity (Wildman–Crippen MR) is 66.0 cm³/mol. The minimum Gasteiger partial charge on any atom is -0.506 e. The van der Waals surface area contributed by atoms with E-state index in [9.17, 15) is 23.1 Å². The van der Waals surface area contributed by atoms with Gasteiger partial charge in [-0.2, -0.15) is 13.2 Å². The van der Waals surface area contributed by atoms with E-state index < -0.39 is 34.6 Å². The number of ether oxygens (including phenoxy) is 1. The van der Waals surface area contributed by atoms with Crippen LogP contribution in [0.4, 0.5) is 13.2 Å². The second kappa shape index (κ2) is 5.03. The lowest BCUT2D eigenvalue weighted by Crippen LogP contribution is -2.26. The molecule has 0 aliphatic rings. The van der Waals surface area contributed by atoms with Gasteiger partial charge in [0.1, 0.15) is 16.9 Å². The zero-order valence-corrected chi connectivity index (χ0v) is 12.0. The third-order valence-electron chi connectivity index (χ3n) is 2.04. The molecule has 19 heavy (non-hydrogen) atoms. The molecule has 1 aromatic rings. The summed E-state index contributed by atoms with van der Waals surface area (Å²) in [6.45, 7) is 4.56. The largest absolute Gasteiger partial charge is 0.506 e. The third kappa shape index (κ3) is 3.86. The number of phenols is 1. The normalized spacial score (nSPS) is 12.4. The number of aromatic hydroxyl groups is 1. The lowest BCUT2D eigenvalue weighted by atomic mass is 10.1. The van der Waals surface area contributed by atoms with Crippen LogP contribution in [0.15, 0.2) is 16.6 Å². The first-order chi connectivity index (χ1) is 8.43. The number of rotatable bonds is 1. The zero-order chi connectivity index (χ0) is 15.0. The number of esters is 1. The van der Waals surface area contributed by atoms with Crippen LogP contribution in [-0.2, 0) is 10.9 Å². The number of carbonyl (C=O) groups is 1. The average Bonchev–Trinajstić information content (AvgIpc) is 2.17. The molecule has 106 valence electrons. The molecule has 0 aliphatic heterocycles. The molecule has 0 heterocycles. The molecule has 1 rings (SSSR count). The number of alkyl halides is 3. The maximum Gasteiger partial charge on any atom is 0.417 e. The number of carbonyl (C=O) groups excluding carboxylic acids is 1. The molecule has 0 saturated carbocycles. The van der Waals surface area contributed by atoms with Crippen molar-refractivity contribution in [3.8, 4) is 5.75 Å². The van der Waals surface area contributed by atoms with Crippen LogP contribution in [-0.4, -0.2) is 16.7 Å². The van der Waals surface area contributed by atoms with Crippen LogP contribution in [0.1, 0.15) is 36.7 Å². The van der Waals surface area contributed by atoms with Crippen molar-refractivity contribution in [1.29, 1.82) is 0 Å². The monoisotopic (exact) mass is 340 g/mol. The fourth-order valence-corrected chi connectivity index (χ4v) is 1.67. The van der Waals surface area contributed by atoms with E-state index >= 15 is 0 Å². The molecule has 0 aliphatic carbocycles. The second-order valence-electron chi connectivity index (χ2n) is 4.82. The van der Waals surface area contributed by atoms with Gasteiger partial charge in [-0.15, -0.1) is 0 Å². The Morgan fingerprint density at radius 3 is 2.21 bits per heavy atom. The predicted octanol–water partition coefficient (Wildman–Crippen LogP) is 4.13. The summed E-state index contributed by atoms with van der Waals surface area (Å²) in [6.07, 6.45) is -4.76. The smallest absolute Gasteiger partial charge is 0.417 e. The summed E-state index contributed by atoms with van der Waals surface area (Å²) < 4.78 is 43.3. The highest BCUT2D eigenvalue weighted by Crippen LogP contribution is 2.39. The fourth-order valence-electron chi connectivity index (χ4n) is 1.34. The second-order valence-corrected chi connectivity index (χ2v) is 5.67. The van der Waals surface area contributed by atoms with E-state index in [0.717, 1.165) is 6.07 Å². The fraction of sp³-hybridized carbons (Fsp3) is 0.417. The van der Waals surface area contributed by atoms with Crippen molar-refractivity contribution < 1.29 is 27.8 Å². The van der Waals surface area contributed by atoms with Gasteiger partial charge in [0.05, 0.1) is 10.0 Å². The molecule has 0 fully saturated rings. The molecular weight excluding hydrogens is 329 g/mol. The number of phenolic OH excluding ortho intramolecular Hbond substituents is 1. The topological polar surface area (TPSA) is 46.5 Å². The van der Waals surface area contributed by atoms with Gasteiger partial charge in [0, 0.05) is 0 Å². The van der Waals surface area contributed by atoms with E-state index in [1.165, 1.54) is 20.8 Å². The molecule has 0 aromatic heterocycles. The Bertz CT molecular complexity index is 504. The van der Waals surface area contributed by atoms with Crippen molar-refractivity contribution in [3.05, 3.63) is 27.7 Å². The van der Waals surface area contributed by atoms with Crippen molar-refractivity contribution in [2.75, 3.05) is 0 Å². The standard InChI is InChI=1S/C12H12BrF3O3/c1-11(2,3)19-10(18)8-6(12(14,15)16)4-5-7(13)9(8)17/h4-5,17H,1-3H3. The Balaban J connectivity index is 3.39. The highest BCUT2D eigenvalue weighted by atomic mass is 79.9. The minimum absolute atomic E-state index is 0.0126. The molecule has 3 nitrogen and oxygen atoms in total. The van der Waals surface area contributed by atoms with Crippen LogP contribution in [0, 0.1) is 0 Å². The van der Waals surface area contributed by atoms with Crippen LogP contribution < -0.4 is 0 Å². The van der Waals surface area contributed by atoms with Crippen molar-refractivity contribution in [2.24, 2.45) is 0 Å². The number of hydrogen-bond acceptors (Lipinski definition) is 3. The van der Waals surface area contributed by atoms with Crippen LogP contribution in [0.25, 0.3) is 0 Å². The molecule has 0 spiro atoms. The Kier molecular flexibility index (Phi) is 4.19. The van der Waals surface area contributed by atoms with E-state index in [2.05, 4.69) is 15.9 Å². The highest BCUT2D eigenvalue weighted by molar-refractivity contribution is 9.10. The summed E-state index contributed by atoms with van der Waals surface area (Å²) in [5.74, 6) is -2.01. The van der Waals surface area contributed by atoms with Crippen molar-refractivity contribution in [1.82, 2.24) is 0 Å². The first kappa shape index (κ1) is 15.8. The SMILES string of the molecule is CC(C)(C)OC(=O)c1c(C(F)(F)F)ccc(Br)c1O. The summed E-state index contributed by atoms with van der Waals surface area (Å²) in [6, 6.07) is 1.73. The Morgan fingerprint density at radius 1 is 1.26 bits per heavy atom. The molecule has 0 radical (unpaired) electrons. The summed E-state index contributed by atoms with van der Waals surface area (Å²) in [7, 11) is 0. The summed E-state index contributed by atoms with van der Waals surface area (Å²) in [5.41, 5.74) is -3.09. The first-order valence-electron chi connectivity index (χ1n) is 5.25. The van der Waals surface area contributed by atoms with E-state index in [1.807, 2.05) is 0 Å². The number of halogens is 4. The number of hydrogen-bond donors (Lipinski definition) is 1. The third-order valence-corrected chi connectivity index (χ3v) is 2.68. The van der Waals surface area contributed by atoms with Crippen molar-refractivity contribution in [3.63, 3.8) is 0 Å². The maximum atomic E-state index is 12.8. The zero-order valence-electron chi connectivity index (χ0n) is 10.4. The molecular formula is C12H12BrF3O3. The van der Waals surface area contributed by atoms with Gasteiger partial charge >= 0.3 is 12.1 Å². The van der Waals surface area contributed by atoms with Gasteiger partial charge in [-0.3, -0.25) is 0 Å². The molecule has 0 bridgehead atoms. The molecule has 0 unspecified atom stereocenters. The molecule has 7 heteroatoms. The van der Waals surface area contributed by atoms with Gasteiger partial charge in [0.2, 0.25) is 0 Å². The molecule has 1 N–H and O–H groups in total. The quantitative estimate of drug-likeness (QED) is 0.782. The molecule has 0 saturated heterocycles. The van der Waals surface area contributed by atoms with Gasteiger partial charge in [-0.1, -0.05) is 0 Å². The molecule has 0 atom stereocenters. The number of benzene rings is 1. The average molecular weight is 341 g/mol. The van der Waals surface area contributed by atoms with E-state index in [4.69, 9.17) is 4.74 Å². The Morgan fingerprint density at radius 2 is 1.79 bits per heavy atom. The van der Waals surface area contributed by atoms with Crippen LogP contribution >= 0.6 is 15.9 Å². The highest BCUT2D eigenvalue weighted by Gasteiger charge is 2.38. The van der Waals surface area contributed by atoms with Crippen LogP contribution in [0.5, 0.6) is 5.75 Å². The summed E-state index contributed by atoms with van der Waals surface area (Å²) in [5, 5.41) is 9.66. The lowest BCUT2D eigenvalue weighted by molar-refractivity contribution is -0.138. The van der Waals surface area contributed by atoms with E-state index in [1.54, 1.807) is 0 Å². The van der Waals surface area contributed by atoms with Crippen LogP contribution in [0.3, 0.4) is 0 Å². The van der Waals surface area contributed by atoms with Gasteiger partial charge in [-0.05, 0) is 48.8 Å². The van der Waals surface area contributed by atoms with Gasteiger partial charge in [0.15, 0.2) is 0 Å². The minimum atomic E-state index is -4.76. The van der Waals surface area contributed by atoms with Gasteiger partial charge in [-0.25, -0.2) is 4.79 Å². The van der Waals surface area contributed by atoms with Gasteiger partial charge < -0.3 is 9.84 Å². The van der Waals surface area contributed by atoms with Crippen LogP contribution in [0.2, 0.25) is 0 Å². The van der Waals surface area contributed by atoms with E-state index in [0.29, 0.717) is 6.07 Å². The van der Waals surface area contributed by atoms with Gasteiger partial charge in [0.25, 0.3) is 0 Å². The van der Waals surface area contributed by atoms with Crippen molar-refractivity contribution in [2.45, 2.75) is 32.5 Å². The maximum absolute atomic E-state index is 12.8. The Hall–Kier alpha value is -1.24. The van der Waals surface area contributed by atoms with Crippen molar-refractivity contribution >= 4 is 21.9 Å².